The summed E-state index contributed by atoms with van der Waals surface area (Å²) in [5.74, 6) is 1.65. The number of rotatable bonds is 11. The number of nitrogens with zero attached hydrogens (tertiary/aromatic N) is 1. The van der Waals surface area contributed by atoms with Gasteiger partial charge in [-0.15, -0.1) is 0 Å². The van der Waals surface area contributed by atoms with E-state index in [1.165, 1.54) is 29.5 Å². The van der Waals surface area contributed by atoms with E-state index in [2.05, 4.69) is 23.5 Å². The van der Waals surface area contributed by atoms with Crippen LogP contribution in [0.25, 0.3) is 0 Å². The van der Waals surface area contributed by atoms with Crippen molar-refractivity contribution in [1.82, 2.24) is 10.2 Å². The Morgan fingerprint density at radius 2 is 1.87 bits per heavy atom. The number of carbonyl (C=O) groups excluding carboxylic acids is 1. The Morgan fingerprint density at radius 1 is 1.10 bits per heavy atom. The van der Waals surface area contributed by atoms with E-state index in [4.69, 9.17) is 9.47 Å². The average Bonchev–Trinajstić information content (AvgIpc) is 3.53. The van der Waals surface area contributed by atoms with Gasteiger partial charge in [-0.1, -0.05) is 18.2 Å². The fourth-order valence-electron chi connectivity index (χ4n) is 4.12. The molecule has 1 saturated carbocycles. The number of likely N-dealkylation sites (N-methyl/N-ethyl adjacent to an activating group) is 1. The third-order valence-corrected chi connectivity index (χ3v) is 6.29. The molecule has 2 aromatic carbocycles. The summed E-state index contributed by atoms with van der Waals surface area (Å²) in [5, 5.41) is 3.42. The first-order chi connectivity index (χ1) is 15.1. The van der Waals surface area contributed by atoms with Gasteiger partial charge in [-0.25, -0.2) is 0 Å². The van der Waals surface area contributed by atoms with Crippen LogP contribution in [-0.4, -0.2) is 50.3 Å². The molecule has 31 heavy (non-hydrogen) atoms. The molecule has 5 nitrogen and oxygen atoms in total. The smallest absolute Gasteiger partial charge is 0.253 e. The highest BCUT2D eigenvalue weighted by molar-refractivity contribution is 5.94. The molecular formula is C26H34N2O3. The lowest BCUT2D eigenvalue weighted by Crippen LogP contribution is -2.37. The molecule has 2 aliphatic carbocycles. The fraction of sp³-hybridized carbons (Fsp3) is 0.500. The number of benzene rings is 2. The second-order valence-corrected chi connectivity index (χ2v) is 8.73. The lowest BCUT2D eigenvalue weighted by Gasteiger charge is -2.24. The molecule has 0 unspecified atom stereocenters. The predicted octanol–water partition coefficient (Wildman–Crippen LogP) is 3.84. The molecule has 0 saturated heterocycles. The zero-order valence-corrected chi connectivity index (χ0v) is 18.7. The number of fused-ring (bicyclic) bond motifs is 1. The molecule has 1 atom stereocenters. The highest BCUT2D eigenvalue weighted by Gasteiger charge is 2.28. The lowest BCUT2D eigenvalue weighted by atomic mass is 10.1. The van der Waals surface area contributed by atoms with E-state index >= 15 is 0 Å². The molecule has 0 spiro atoms. The van der Waals surface area contributed by atoms with Gasteiger partial charge in [0.05, 0.1) is 13.2 Å². The molecule has 1 fully saturated rings. The van der Waals surface area contributed by atoms with Crippen LogP contribution in [-0.2, 0) is 24.1 Å². The molecule has 1 N–H and O–H groups in total. The summed E-state index contributed by atoms with van der Waals surface area (Å²) in [6.07, 6.45) is 4.37. The summed E-state index contributed by atoms with van der Waals surface area (Å²) >= 11 is 0. The standard InChI is InChI=1S/C26H34N2O3/c1-3-30-13-12-27-17-20-6-7-22-15-24(16-23(22)14-20)28(2)26(29)21-8-10-25(11-9-21)31-18-19-4-5-19/h6-11,14,19,24,27H,3-5,12-13,15-18H2,1-2H3/t24-/m1/s1. The van der Waals surface area contributed by atoms with Crippen LogP contribution in [0.4, 0.5) is 0 Å². The van der Waals surface area contributed by atoms with Gasteiger partial charge in [-0.3, -0.25) is 4.79 Å². The maximum absolute atomic E-state index is 13.0. The molecule has 2 aliphatic rings. The molecule has 2 aromatic rings. The van der Waals surface area contributed by atoms with Gasteiger partial charge >= 0.3 is 0 Å². The first kappa shape index (κ1) is 21.8. The van der Waals surface area contributed by atoms with Gasteiger partial charge in [0.15, 0.2) is 0 Å². The topological polar surface area (TPSA) is 50.8 Å². The number of carbonyl (C=O) groups is 1. The Hall–Kier alpha value is -2.37. The number of amides is 1. The molecule has 0 bridgehead atoms. The van der Waals surface area contributed by atoms with E-state index in [-0.39, 0.29) is 11.9 Å². The third-order valence-electron chi connectivity index (χ3n) is 6.29. The van der Waals surface area contributed by atoms with E-state index in [9.17, 15) is 4.79 Å². The Labute approximate surface area is 185 Å². The van der Waals surface area contributed by atoms with Gasteiger partial charge in [0.1, 0.15) is 5.75 Å². The van der Waals surface area contributed by atoms with Crippen molar-refractivity contribution in [3.63, 3.8) is 0 Å². The second-order valence-electron chi connectivity index (χ2n) is 8.73. The zero-order chi connectivity index (χ0) is 21.6. The van der Waals surface area contributed by atoms with Crippen LogP contribution in [0.15, 0.2) is 42.5 Å². The summed E-state index contributed by atoms with van der Waals surface area (Å²) in [7, 11) is 1.92. The van der Waals surface area contributed by atoms with E-state index in [0.717, 1.165) is 63.0 Å². The Kier molecular flexibility index (Phi) is 7.25. The molecule has 166 valence electrons. The SMILES string of the molecule is CCOCCNCc1ccc2c(c1)C[C@H](N(C)C(=O)c1ccc(OCC3CC3)cc1)C2. The van der Waals surface area contributed by atoms with Crippen LogP contribution >= 0.6 is 0 Å². The maximum Gasteiger partial charge on any atom is 0.253 e. The summed E-state index contributed by atoms with van der Waals surface area (Å²) in [4.78, 5) is 14.9. The number of ether oxygens (including phenoxy) is 2. The highest BCUT2D eigenvalue weighted by atomic mass is 16.5. The monoisotopic (exact) mass is 422 g/mol. The minimum Gasteiger partial charge on any atom is -0.493 e. The average molecular weight is 423 g/mol. The lowest BCUT2D eigenvalue weighted by molar-refractivity contribution is 0.0737. The molecule has 0 heterocycles. The number of hydrogen-bond acceptors (Lipinski definition) is 4. The molecule has 0 aromatic heterocycles. The molecule has 0 aliphatic heterocycles. The van der Waals surface area contributed by atoms with Crippen molar-refractivity contribution in [2.24, 2.45) is 5.92 Å². The zero-order valence-electron chi connectivity index (χ0n) is 18.7. The van der Waals surface area contributed by atoms with Gasteiger partial charge in [0.2, 0.25) is 0 Å². The van der Waals surface area contributed by atoms with Crippen molar-refractivity contribution in [2.75, 3.05) is 33.4 Å². The second kappa shape index (κ2) is 10.3. The Balaban J connectivity index is 1.29. The van der Waals surface area contributed by atoms with Crippen molar-refractivity contribution in [3.8, 4) is 5.75 Å². The summed E-state index contributed by atoms with van der Waals surface area (Å²) < 4.78 is 11.2. The van der Waals surface area contributed by atoms with Gasteiger partial charge in [0.25, 0.3) is 5.91 Å². The van der Waals surface area contributed by atoms with Gasteiger partial charge in [-0.05, 0) is 79.5 Å². The van der Waals surface area contributed by atoms with Crippen LogP contribution in [0.3, 0.4) is 0 Å². The van der Waals surface area contributed by atoms with Crippen LogP contribution in [0.1, 0.15) is 46.8 Å². The minimum absolute atomic E-state index is 0.0735. The van der Waals surface area contributed by atoms with Crippen molar-refractivity contribution >= 4 is 5.91 Å². The molecule has 5 heteroatoms. The van der Waals surface area contributed by atoms with E-state index in [1.54, 1.807) is 0 Å². The van der Waals surface area contributed by atoms with Gasteiger partial charge in [0, 0.05) is 38.3 Å². The molecule has 4 rings (SSSR count). The van der Waals surface area contributed by atoms with E-state index in [0.29, 0.717) is 0 Å². The summed E-state index contributed by atoms with van der Waals surface area (Å²) in [6.45, 7) is 6.00. The molecular weight excluding hydrogens is 388 g/mol. The minimum atomic E-state index is 0.0735. The van der Waals surface area contributed by atoms with E-state index < -0.39 is 0 Å². The van der Waals surface area contributed by atoms with Crippen molar-refractivity contribution in [1.29, 1.82) is 0 Å². The number of nitrogens with one attached hydrogen (secondary N) is 1. The number of hydrogen-bond donors (Lipinski definition) is 1. The first-order valence-electron chi connectivity index (χ1n) is 11.5. The third kappa shape index (κ3) is 5.86. The Bertz CT molecular complexity index is 877. The van der Waals surface area contributed by atoms with E-state index in [1.807, 2.05) is 43.1 Å². The van der Waals surface area contributed by atoms with Crippen molar-refractivity contribution in [2.45, 2.75) is 45.2 Å². The van der Waals surface area contributed by atoms with Gasteiger partial charge < -0.3 is 19.7 Å². The van der Waals surface area contributed by atoms with Crippen LogP contribution in [0.5, 0.6) is 5.75 Å². The highest BCUT2D eigenvalue weighted by Crippen LogP contribution is 2.30. The predicted molar refractivity (Wildman–Crippen MR) is 123 cm³/mol. The van der Waals surface area contributed by atoms with Crippen LogP contribution < -0.4 is 10.1 Å². The summed E-state index contributed by atoms with van der Waals surface area (Å²) in [6, 6.07) is 14.5. The van der Waals surface area contributed by atoms with Crippen LogP contribution in [0, 0.1) is 5.92 Å². The van der Waals surface area contributed by atoms with Crippen LogP contribution in [0.2, 0.25) is 0 Å². The quantitative estimate of drug-likeness (QED) is 0.559. The van der Waals surface area contributed by atoms with Crippen molar-refractivity contribution < 1.29 is 14.3 Å². The largest absolute Gasteiger partial charge is 0.493 e. The van der Waals surface area contributed by atoms with Crippen molar-refractivity contribution in [3.05, 3.63) is 64.7 Å². The molecule has 0 radical (unpaired) electrons. The normalized spacial score (nSPS) is 17.4. The van der Waals surface area contributed by atoms with Gasteiger partial charge in [-0.2, -0.15) is 0 Å². The molecule has 1 amide bonds. The maximum atomic E-state index is 13.0. The fourth-order valence-corrected chi connectivity index (χ4v) is 4.12. The Morgan fingerprint density at radius 3 is 2.61 bits per heavy atom. The summed E-state index contributed by atoms with van der Waals surface area (Å²) in [5.41, 5.74) is 4.72. The first-order valence-corrected chi connectivity index (χ1v) is 11.5.